The Balaban J connectivity index is 0.00000196. The number of nitrogens with zero attached hydrogens (tertiary/aromatic N) is 3. The molecule has 0 amide bonds. The molecule has 0 bridgehead atoms. The number of anilines is 1. The van der Waals surface area contributed by atoms with E-state index in [0.29, 0.717) is 0 Å². The molecular weight excluding hydrogens is 375 g/mol. The molecule has 0 aliphatic carbocycles. The fraction of sp³-hybridized carbons (Fsp3) is 0.385. The molecule has 13 heteroatoms. The zero-order valence-corrected chi connectivity index (χ0v) is 16.4. The molecule has 1 radical (unpaired) electrons. The van der Waals surface area contributed by atoms with Gasteiger partial charge in [0.05, 0.1) is 17.4 Å². The summed E-state index contributed by atoms with van der Waals surface area (Å²) in [6.45, 7) is -0.487. The monoisotopic (exact) mass is 389 g/mol. The van der Waals surface area contributed by atoms with Crippen LogP contribution in [0.1, 0.15) is 6.23 Å². The van der Waals surface area contributed by atoms with E-state index in [9.17, 15) is 20.1 Å². The van der Waals surface area contributed by atoms with E-state index in [-0.39, 0.29) is 62.2 Å². The van der Waals surface area contributed by atoms with Crippen molar-refractivity contribution in [1.82, 2.24) is 24.5 Å². The average Bonchev–Trinajstić information content (AvgIpc) is 3.04. The van der Waals surface area contributed by atoms with E-state index in [1.165, 1.54) is 10.9 Å². The second kappa shape index (κ2) is 6.98. The normalized spacial score (nSPS) is 25.7. The first kappa shape index (κ1) is 19.4. The van der Waals surface area contributed by atoms with Crippen LogP contribution in [0.3, 0.4) is 0 Å². The first-order valence-electron chi connectivity index (χ1n) is 7.33. The molecule has 4 heterocycles. The van der Waals surface area contributed by atoms with Crippen molar-refractivity contribution in [3.63, 3.8) is 0 Å². The molecular formula is C13H14N6NaO5S. The summed E-state index contributed by atoms with van der Waals surface area (Å²) in [7, 11) is 0. The Morgan fingerprint density at radius 1 is 1.27 bits per heavy atom. The number of aliphatic hydroxyl groups is 3. The molecule has 1 fully saturated rings. The number of H-pyrrole nitrogens is 2. The summed E-state index contributed by atoms with van der Waals surface area (Å²) in [6.07, 6.45) is -3.58. The third kappa shape index (κ3) is 2.70. The van der Waals surface area contributed by atoms with E-state index < -0.39 is 36.7 Å². The van der Waals surface area contributed by atoms with Gasteiger partial charge in [0.15, 0.2) is 11.0 Å². The van der Waals surface area contributed by atoms with Crippen molar-refractivity contribution in [2.75, 3.05) is 12.3 Å². The molecule has 0 spiro atoms. The number of rotatable bonds is 2. The average molecular weight is 389 g/mol. The largest absolute Gasteiger partial charge is 0.394 e. The van der Waals surface area contributed by atoms with Crippen LogP contribution in [0.25, 0.3) is 22.1 Å². The van der Waals surface area contributed by atoms with Gasteiger partial charge in [0, 0.05) is 29.6 Å². The minimum Gasteiger partial charge on any atom is -0.394 e. The van der Waals surface area contributed by atoms with Crippen LogP contribution < -0.4 is 11.3 Å². The van der Waals surface area contributed by atoms with Crippen molar-refractivity contribution in [1.29, 1.82) is 0 Å². The van der Waals surface area contributed by atoms with Crippen LogP contribution in [-0.4, -0.2) is 94.3 Å². The Morgan fingerprint density at radius 2 is 2.00 bits per heavy atom. The molecule has 133 valence electrons. The van der Waals surface area contributed by atoms with E-state index in [1.807, 2.05) is 0 Å². The topological polar surface area (TPSA) is 175 Å². The van der Waals surface area contributed by atoms with E-state index in [0.717, 1.165) is 0 Å². The SMILES string of the molecule is Nc1ncnc2c1c1c(=O)[nH]c(=S)[nH]c1n2[C@@H]1O[C@H](CO)[C@@H](O)[C@H]1O.[Na]. The van der Waals surface area contributed by atoms with Crippen LogP contribution in [0.4, 0.5) is 5.82 Å². The number of aromatic amines is 2. The second-order valence-corrected chi connectivity index (χ2v) is 6.10. The molecule has 11 nitrogen and oxygen atoms in total. The molecule has 26 heavy (non-hydrogen) atoms. The van der Waals surface area contributed by atoms with Crippen molar-refractivity contribution < 1.29 is 20.1 Å². The smallest absolute Gasteiger partial charge is 0.262 e. The van der Waals surface area contributed by atoms with E-state index in [2.05, 4.69) is 19.9 Å². The summed E-state index contributed by atoms with van der Waals surface area (Å²) in [5.41, 5.74) is 5.84. The number of nitrogen functional groups attached to an aromatic ring is 1. The molecule has 7 N–H and O–H groups in total. The maximum absolute atomic E-state index is 12.4. The second-order valence-electron chi connectivity index (χ2n) is 5.69. The summed E-state index contributed by atoms with van der Waals surface area (Å²) in [5.74, 6) is 0.0662. The molecule has 0 unspecified atom stereocenters. The van der Waals surface area contributed by atoms with Gasteiger partial charge in [0.2, 0.25) is 0 Å². The molecule has 1 aliphatic heterocycles. The van der Waals surface area contributed by atoms with E-state index in [1.54, 1.807) is 0 Å². The fourth-order valence-corrected chi connectivity index (χ4v) is 3.34. The van der Waals surface area contributed by atoms with Gasteiger partial charge in [-0.05, 0) is 12.2 Å². The van der Waals surface area contributed by atoms with Crippen LogP contribution in [-0.2, 0) is 4.74 Å². The number of aromatic nitrogens is 5. The number of hydrogen-bond donors (Lipinski definition) is 6. The molecule has 4 atom stereocenters. The maximum Gasteiger partial charge on any atom is 0.262 e. The first-order chi connectivity index (χ1) is 11.9. The van der Waals surface area contributed by atoms with Gasteiger partial charge in [-0.1, -0.05) is 0 Å². The summed E-state index contributed by atoms with van der Waals surface area (Å²) < 4.78 is 7.00. The van der Waals surface area contributed by atoms with Crippen molar-refractivity contribution >= 4 is 69.7 Å². The standard InChI is InChI=1S/C13H14N6O5S.Na/c14-8-4-5-10(17-13(25)18-11(5)23)19(9(4)16-2-15-8)12-7(22)6(21)3(1-20)24-12;/h2-3,6-7,12,20-22H,1H2,(H2,14,15,16)(H2,17,18,23,25);/t3-,6-,7-,12-;/m1./s1. The van der Waals surface area contributed by atoms with E-state index in [4.69, 9.17) is 22.7 Å². The van der Waals surface area contributed by atoms with Crippen molar-refractivity contribution in [2.24, 2.45) is 0 Å². The van der Waals surface area contributed by atoms with Gasteiger partial charge in [-0.2, -0.15) is 0 Å². The van der Waals surface area contributed by atoms with Crippen molar-refractivity contribution in [2.45, 2.75) is 24.5 Å². The van der Waals surface area contributed by atoms with E-state index >= 15 is 0 Å². The van der Waals surface area contributed by atoms with Gasteiger partial charge in [-0.15, -0.1) is 0 Å². The van der Waals surface area contributed by atoms with Crippen LogP contribution in [0.2, 0.25) is 0 Å². The zero-order valence-electron chi connectivity index (χ0n) is 13.6. The predicted octanol–water partition coefficient (Wildman–Crippen LogP) is -1.86. The fourth-order valence-electron chi connectivity index (χ4n) is 3.15. The number of fused-ring (bicyclic) bond motifs is 3. The van der Waals surface area contributed by atoms with Gasteiger partial charge in [0.25, 0.3) is 5.56 Å². The molecule has 1 aliphatic rings. The first-order valence-corrected chi connectivity index (χ1v) is 7.74. The maximum atomic E-state index is 12.4. The summed E-state index contributed by atoms with van der Waals surface area (Å²) >= 11 is 5.01. The number of aliphatic hydroxyl groups excluding tert-OH is 3. The van der Waals surface area contributed by atoms with Crippen molar-refractivity contribution in [3.05, 3.63) is 21.5 Å². The number of nitrogens with two attached hydrogens (primary N) is 1. The Labute approximate surface area is 172 Å². The summed E-state index contributed by atoms with van der Waals surface area (Å²) in [6, 6.07) is 0. The zero-order chi connectivity index (χ0) is 17.9. The molecule has 0 saturated carbocycles. The van der Waals surface area contributed by atoms with Crippen molar-refractivity contribution in [3.8, 4) is 0 Å². The van der Waals surface area contributed by atoms with Crippen LogP contribution >= 0.6 is 12.2 Å². The molecule has 3 aromatic heterocycles. The van der Waals surface area contributed by atoms with Gasteiger partial charge in [-0.3, -0.25) is 14.3 Å². The van der Waals surface area contributed by atoms with Gasteiger partial charge < -0.3 is 30.8 Å². The minimum absolute atomic E-state index is 0. The molecule has 4 rings (SSSR count). The van der Waals surface area contributed by atoms with Gasteiger partial charge in [0.1, 0.15) is 41.8 Å². The Bertz CT molecular complexity index is 1100. The molecule has 0 aromatic carbocycles. The Kier molecular flexibility index (Phi) is 5.20. The summed E-state index contributed by atoms with van der Waals surface area (Å²) in [4.78, 5) is 25.7. The van der Waals surface area contributed by atoms with Crippen LogP contribution in [0.15, 0.2) is 11.1 Å². The van der Waals surface area contributed by atoms with Gasteiger partial charge in [-0.25, -0.2) is 9.97 Å². The number of nitrogens with one attached hydrogen (secondary N) is 2. The van der Waals surface area contributed by atoms with Crippen LogP contribution in [0, 0.1) is 4.77 Å². The summed E-state index contributed by atoms with van der Waals surface area (Å²) in [5, 5.41) is 30.1. The number of hydrogen-bond acceptors (Lipinski definition) is 9. The quantitative estimate of drug-likeness (QED) is 0.217. The third-order valence-electron chi connectivity index (χ3n) is 4.27. The predicted molar refractivity (Wildman–Crippen MR) is 94.0 cm³/mol. The third-order valence-corrected chi connectivity index (χ3v) is 4.47. The Morgan fingerprint density at radius 3 is 2.65 bits per heavy atom. The van der Waals surface area contributed by atoms with Gasteiger partial charge >= 0.3 is 0 Å². The minimum atomic E-state index is -1.37. The molecule has 1 saturated heterocycles. The van der Waals surface area contributed by atoms with Crippen LogP contribution in [0.5, 0.6) is 0 Å². The number of ether oxygens (including phenoxy) is 1. The Hall–Kier alpha value is -1.38. The molecule has 3 aromatic rings.